The molecule has 1 fully saturated rings. The van der Waals surface area contributed by atoms with E-state index in [1.54, 1.807) is 0 Å². The number of H-pyrrole nitrogens is 1. The average molecular weight is 349 g/mol. The number of hydrogen-bond donors (Lipinski definition) is 5. The van der Waals surface area contributed by atoms with E-state index in [0.717, 1.165) is 10.8 Å². The number of aromatic amines is 1. The minimum atomic E-state index is -4.94. The Morgan fingerprint density at radius 2 is 2.17 bits per heavy atom. The molecule has 1 aliphatic rings. The topological polar surface area (TPSA) is 211 Å². The van der Waals surface area contributed by atoms with E-state index in [9.17, 15) is 24.4 Å². The average Bonchev–Trinajstić information content (AvgIpc) is 2.81. The number of aliphatic hydroxyl groups excluding tert-OH is 2. The summed E-state index contributed by atoms with van der Waals surface area (Å²) in [7, 11) is -4.94. The summed E-state index contributed by atoms with van der Waals surface area (Å²) in [4.78, 5) is 45.3. The summed E-state index contributed by atoms with van der Waals surface area (Å²) in [5, 5.41) is 22.4. The van der Waals surface area contributed by atoms with Gasteiger partial charge in [0, 0.05) is 17.5 Å². The van der Waals surface area contributed by atoms with Crippen LogP contribution < -0.4 is 11.2 Å². The lowest BCUT2D eigenvalue weighted by molar-refractivity contribution is -0.0644. The van der Waals surface area contributed by atoms with Gasteiger partial charge in [-0.25, -0.2) is 4.79 Å². The van der Waals surface area contributed by atoms with Crippen LogP contribution in [0.3, 0.4) is 0 Å². The number of aliphatic hydroxyl groups is 2. The van der Waals surface area contributed by atoms with E-state index in [4.69, 9.17) is 20.1 Å². The minimum Gasteiger partial charge on any atom is -0.390 e. The van der Waals surface area contributed by atoms with E-state index in [2.05, 4.69) is 10.0 Å². The van der Waals surface area contributed by atoms with E-state index >= 15 is 0 Å². The van der Waals surface area contributed by atoms with Crippen LogP contribution in [0.4, 0.5) is 5.69 Å². The van der Waals surface area contributed by atoms with Gasteiger partial charge in [-0.05, 0) is 5.53 Å². The van der Waals surface area contributed by atoms with E-state index in [1.807, 2.05) is 4.98 Å². The molecule has 0 amide bonds. The first kappa shape index (κ1) is 17.4. The van der Waals surface area contributed by atoms with Crippen molar-refractivity contribution >= 4 is 13.3 Å². The third-order valence-corrected chi connectivity index (χ3v) is 4.17. The molecule has 14 heteroatoms. The zero-order chi connectivity index (χ0) is 17.4. The first-order valence-corrected chi connectivity index (χ1v) is 7.80. The Morgan fingerprint density at radius 1 is 1.52 bits per heavy atom. The summed E-state index contributed by atoms with van der Waals surface area (Å²) >= 11 is 0. The predicted octanol–water partition coefficient (Wildman–Crippen LogP) is -1.38. The molecule has 1 aliphatic heterocycles. The van der Waals surface area contributed by atoms with Crippen molar-refractivity contribution in [3.8, 4) is 0 Å². The second kappa shape index (κ2) is 6.26. The molecular formula is C9H12N5O8P. The largest absolute Gasteiger partial charge is 0.390 e. The number of hydrogen-bond acceptors (Lipinski definition) is 7. The van der Waals surface area contributed by atoms with Crippen LogP contribution in [-0.4, -0.2) is 47.6 Å². The van der Waals surface area contributed by atoms with Gasteiger partial charge in [0.05, 0.1) is 6.10 Å². The molecule has 0 bridgehead atoms. The van der Waals surface area contributed by atoms with Crippen LogP contribution in [0.5, 0.6) is 0 Å². The Kier molecular flexibility index (Phi) is 4.73. The normalized spacial score (nSPS) is 25.8. The van der Waals surface area contributed by atoms with Crippen LogP contribution in [0, 0.1) is 0 Å². The van der Waals surface area contributed by atoms with Gasteiger partial charge in [0.1, 0.15) is 18.0 Å². The molecule has 1 saturated heterocycles. The zero-order valence-corrected chi connectivity index (χ0v) is 12.1. The quantitative estimate of drug-likeness (QED) is 0.189. The number of nitrogens with zero attached hydrogens (tertiary/aromatic N) is 4. The third-order valence-electron chi connectivity index (χ3n) is 3.19. The second-order valence-corrected chi connectivity index (χ2v) is 6.44. The van der Waals surface area contributed by atoms with Crippen LogP contribution in [0.1, 0.15) is 12.6 Å². The molecule has 2 heterocycles. The predicted molar refractivity (Wildman–Crippen MR) is 72.7 cm³/mol. The fourth-order valence-corrected chi connectivity index (χ4v) is 2.77. The molecule has 23 heavy (non-hydrogen) atoms. The smallest absolute Gasteiger partial charge is 0.356 e. The van der Waals surface area contributed by atoms with Crippen molar-refractivity contribution in [2.45, 2.75) is 30.7 Å². The summed E-state index contributed by atoms with van der Waals surface area (Å²) in [5.74, 6) is -2.28. The Morgan fingerprint density at radius 3 is 2.74 bits per heavy atom. The van der Waals surface area contributed by atoms with Gasteiger partial charge in [0.2, 0.25) is 0 Å². The van der Waals surface area contributed by atoms with Gasteiger partial charge < -0.3 is 24.7 Å². The third kappa shape index (κ3) is 3.51. The van der Waals surface area contributed by atoms with E-state index in [1.165, 1.54) is 0 Å². The molecule has 5 N–H and O–H groups in total. The zero-order valence-electron chi connectivity index (χ0n) is 11.3. The van der Waals surface area contributed by atoms with Crippen molar-refractivity contribution in [3.63, 3.8) is 0 Å². The van der Waals surface area contributed by atoms with Crippen LogP contribution in [0.15, 0.2) is 20.9 Å². The Labute approximate surface area is 126 Å². The van der Waals surface area contributed by atoms with Crippen molar-refractivity contribution in [2.75, 3.05) is 0 Å². The molecule has 0 aliphatic carbocycles. The summed E-state index contributed by atoms with van der Waals surface area (Å²) in [6, 6.07) is 0. The molecule has 0 radical (unpaired) electrons. The number of azide groups is 1. The maximum absolute atomic E-state index is 11.8. The van der Waals surface area contributed by atoms with Gasteiger partial charge in [-0.2, -0.15) is 0 Å². The highest BCUT2D eigenvalue weighted by atomic mass is 31.2. The first-order valence-electron chi connectivity index (χ1n) is 6.12. The van der Waals surface area contributed by atoms with Gasteiger partial charge in [-0.1, -0.05) is 5.11 Å². The van der Waals surface area contributed by atoms with Gasteiger partial charge >= 0.3 is 13.3 Å². The minimum absolute atomic E-state index is 0.288. The van der Waals surface area contributed by atoms with Crippen molar-refractivity contribution < 1.29 is 29.3 Å². The first-order chi connectivity index (χ1) is 10.6. The van der Waals surface area contributed by atoms with Gasteiger partial charge in [-0.15, -0.1) is 0 Å². The van der Waals surface area contributed by atoms with Crippen LogP contribution in [0.2, 0.25) is 0 Å². The molecule has 13 nitrogen and oxygen atoms in total. The molecule has 1 aromatic heterocycles. The number of aromatic nitrogens is 2. The van der Waals surface area contributed by atoms with E-state index in [0.29, 0.717) is 0 Å². The highest BCUT2D eigenvalue weighted by Gasteiger charge is 2.46. The van der Waals surface area contributed by atoms with Gasteiger partial charge in [-0.3, -0.25) is 18.9 Å². The molecule has 0 saturated carbocycles. The summed E-state index contributed by atoms with van der Waals surface area (Å²) in [6.07, 6.45) is -3.74. The van der Waals surface area contributed by atoms with Crippen LogP contribution >= 0.6 is 7.60 Å². The molecular weight excluding hydrogens is 337 g/mol. The lowest BCUT2D eigenvalue weighted by Crippen LogP contribution is -2.35. The molecule has 0 spiro atoms. The number of rotatable bonds is 4. The van der Waals surface area contributed by atoms with Gasteiger partial charge in [0.25, 0.3) is 5.56 Å². The molecule has 4 atom stereocenters. The maximum Gasteiger partial charge on any atom is 0.356 e. The molecule has 2 rings (SSSR count). The highest BCUT2D eigenvalue weighted by molar-refractivity contribution is 7.52. The van der Waals surface area contributed by atoms with E-state index < -0.39 is 48.8 Å². The van der Waals surface area contributed by atoms with Crippen molar-refractivity contribution in [3.05, 3.63) is 37.5 Å². The molecule has 0 aromatic carbocycles. The monoisotopic (exact) mass is 349 g/mol. The lowest BCUT2D eigenvalue weighted by atomic mass is 10.2. The van der Waals surface area contributed by atoms with Crippen molar-refractivity contribution in [1.29, 1.82) is 0 Å². The molecule has 1 aromatic rings. The lowest BCUT2D eigenvalue weighted by Gasteiger charge is -2.22. The molecule has 1 unspecified atom stereocenters. The highest BCUT2D eigenvalue weighted by Crippen LogP contribution is 2.46. The summed E-state index contributed by atoms with van der Waals surface area (Å²) < 4.78 is 16.9. The fraction of sp³-hybridized carbons (Fsp3) is 0.556. The molecule has 126 valence electrons. The van der Waals surface area contributed by atoms with Crippen molar-refractivity contribution in [1.82, 2.24) is 9.55 Å². The Bertz CT molecular complexity index is 807. The summed E-state index contributed by atoms with van der Waals surface area (Å²) in [6.45, 7) is 0. The number of nitrogens with one attached hydrogen (secondary N) is 1. The van der Waals surface area contributed by atoms with E-state index in [-0.39, 0.29) is 6.42 Å². The maximum atomic E-state index is 11.8. The second-order valence-electron chi connectivity index (χ2n) is 4.73. The number of ether oxygens (including phenoxy) is 1. The Hall–Kier alpha value is -1.98. The summed E-state index contributed by atoms with van der Waals surface area (Å²) in [5.41, 5.74) is 6.02. The fourth-order valence-electron chi connectivity index (χ4n) is 2.12. The standard InChI is InChI=1S/C9H12N5O8P/c10-13-12-3-2-14(9(18)11-7(3)16)5-1-4(15)6(22-5)8(17)23(19,20)21/h2,4-6,8,15,17H,1H2,(H,11,16,18)(H2,19,20,21)/t4-,5+,6-,8?/m0/s1. The van der Waals surface area contributed by atoms with Crippen molar-refractivity contribution in [2.24, 2.45) is 5.11 Å². The SMILES string of the molecule is [N-]=[N+]=Nc1cn([C@H]2C[C@H](O)[C@@H](C(O)P(=O)(O)O)O2)c(=O)[nH]c1=O. The Balaban J connectivity index is 2.36. The van der Waals surface area contributed by atoms with Crippen LogP contribution in [-0.2, 0) is 9.30 Å². The van der Waals surface area contributed by atoms with Gasteiger partial charge in [0.15, 0.2) is 5.85 Å². The van der Waals surface area contributed by atoms with Crippen LogP contribution in [0.25, 0.3) is 10.4 Å².